The van der Waals surface area contributed by atoms with Gasteiger partial charge in [0.15, 0.2) is 0 Å². The lowest BCUT2D eigenvalue weighted by Gasteiger charge is -2.26. The quantitative estimate of drug-likeness (QED) is 0.520. The molecule has 0 amide bonds. The molecule has 0 N–H and O–H groups in total. The Hall–Kier alpha value is -2.49. The molecule has 2 aromatic rings. The van der Waals surface area contributed by atoms with Gasteiger partial charge in [0.25, 0.3) is 0 Å². The van der Waals surface area contributed by atoms with E-state index in [4.69, 9.17) is 9.47 Å². The van der Waals surface area contributed by atoms with Crippen molar-refractivity contribution < 1.29 is 22.8 Å². The first-order chi connectivity index (χ1) is 13.7. The maximum atomic E-state index is 12.8. The van der Waals surface area contributed by atoms with Gasteiger partial charge in [0, 0.05) is 19.2 Å². The van der Waals surface area contributed by atoms with Crippen LogP contribution in [0.3, 0.4) is 0 Å². The van der Waals surface area contributed by atoms with Gasteiger partial charge < -0.3 is 9.47 Å². The van der Waals surface area contributed by atoms with Gasteiger partial charge >= 0.3 is 5.69 Å². The van der Waals surface area contributed by atoms with Crippen molar-refractivity contribution >= 4 is 15.7 Å². The van der Waals surface area contributed by atoms with E-state index in [1.165, 1.54) is 16.4 Å². The maximum absolute atomic E-state index is 12.8. The molecule has 1 fully saturated rings. The fraction of sp³-hybridized carbons (Fsp3) is 0.400. The molecule has 0 radical (unpaired) electrons. The molecule has 3 rings (SSSR count). The molecule has 1 aliphatic rings. The second-order valence-corrected chi connectivity index (χ2v) is 9.18. The van der Waals surface area contributed by atoms with Crippen molar-refractivity contribution in [3.8, 4) is 11.5 Å². The molecule has 2 aromatic carbocycles. The van der Waals surface area contributed by atoms with Gasteiger partial charge in [0.05, 0.1) is 23.0 Å². The van der Waals surface area contributed by atoms with Gasteiger partial charge in [0.2, 0.25) is 15.8 Å². The van der Waals surface area contributed by atoms with E-state index in [1.807, 2.05) is 32.9 Å². The average Bonchev–Trinajstić information content (AvgIpc) is 2.68. The second-order valence-electron chi connectivity index (χ2n) is 7.24. The molecule has 9 heteroatoms. The third-order valence-corrected chi connectivity index (χ3v) is 6.60. The molecule has 1 saturated heterocycles. The first-order valence-corrected chi connectivity index (χ1v) is 10.8. The lowest BCUT2D eigenvalue weighted by atomic mass is 10.0. The zero-order valence-corrected chi connectivity index (χ0v) is 17.4. The van der Waals surface area contributed by atoms with Crippen LogP contribution in [0.2, 0.25) is 0 Å². The normalized spacial score (nSPS) is 15.4. The maximum Gasteiger partial charge on any atom is 0.312 e. The molecule has 8 nitrogen and oxygen atoms in total. The largest absolute Gasteiger partial charge is 0.450 e. The summed E-state index contributed by atoms with van der Waals surface area (Å²) in [5.41, 5.74) is 1.63. The van der Waals surface area contributed by atoms with E-state index >= 15 is 0 Å². The van der Waals surface area contributed by atoms with Gasteiger partial charge in [-0.05, 0) is 48.2 Å². The molecule has 0 aromatic heterocycles. The number of nitro groups is 1. The van der Waals surface area contributed by atoms with Crippen LogP contribution in [0.15, 0.2) is 41.3 Å². The lowest BCUT2D eigenvalue weighted by molar-refractivity contribution is -0.385. The summed E-state index contributed by atoms with van der Waals surface area (Å²) < 4.78 is 37.8. The SMILES string of the molecule is Cc1cc(Oc2ccc(S(=O)(=O)N3CCOCC3)cc2[N+](=O)[O-])cc(C(C)C)c1. The van der Waals surface area contributed by atoms with Crippen molar-refractivity contribution in [1.29, 1.82) is 0 Å². The van der Waals surface area contributed by atoms with Crippen LogP contribution < -0.4 is 4.74 Å². The van der Waals surface area contributed by atoms with Crippen LogP contribution in [-0.4, -0.2) is 43.9 Å². The number of morpholine rings is 1. The fourth-order valence-corrected chi connectivity index (χ4v) is 4.55. The highest BCUT2D eigenvalue weighted by molar-refractivity contribution is 7.89. The van der Waals surface area contributed by atoms with Gasteiger partial charge in [0.1, 0.15) is 5.75 Å². The van der Waals surface area contributed by atoms with Crippen LogP contribution in [0.4, 0.5) is 5.69 Å². The van der Waals surface area contributed by atoms with E-state index in [1.54, 1.807) is 6.07 Å². The molecule has 0 aliphatic carbocycles. The standard InChI is InChI=1S/C20H24N2O6S/c1-14(2)16-10-15(3)11-17(12-16)28-20-5-4-18(13-19(20)22(23)24)29(25,26)21-6-8-27-9-7-21/h4-5,10-14H,6-9H2,1-3H3. The number of rotatable bonds is 6. The Morgan fingerprint density at radius 1 is 1.14 bits per heavy atom. The summed E-state index contributed by atoms with van der Waals surface area (Å²) in [5, 5.41) is 11.6. The molecule has 1 aliphatic heterocycles. The van der Waals surface area contributed by atoms with E-state index < -0.39 is 20.6 Å². The second kappa shape index (κ2) is 8.48. The van der Waals surface area contributed by atoms with Gasteiger partial charge in [-0.25, -0.2) is 8.42 Å². The zero-order chi connectivity index (χ0) is 21.2. The predicted octanol–water partition coefficient (Wildman–Crippen LogP) is 3.84. The molecular weight excluding hydrogens is 396 g/mol. The minimum Gasteiger partial charge on any atom is -0.450 e. The highest BCUT2D eigenvalue weighted by atomic mass is 32.2. The average molecular weight is 420 g/mol. The van der Waals surface area contributed by atoms with Gasteiger partial charge in [-0.3, -0.25) is 10.1 Å². The number of aryl methyl sites for hydroxylation is 1. The molecule has 0 saturated carbocycles. The Kier molecular flexibility index (Phi) is 6.21. The number of hydrogen-bond donors (Lipinski definition) is 0. The van der Waals surface area contributed by atoms with E-state index in [2.05, 4.69) is 0 Å². The molecule has 156 valence electrons. The molecule has 0 spiro atoms. The van der Waals surface area contributed by atoms with Crippen molar-refractivity contribution in [2.24, 2.45) is 0 Å². The zero-order valence-electron chi connectivity index (χ0n) is 16.6. The Bertz CT molecular complexity index is 1010. The molecule has 29 heavy (non-hydrogen) atoms. The van der Waals surface area contributed by atoms with E-state index in [9.17, 15) is 18.5 Å². The number of nitro benzene ring substituents is 1. The van der Waals surface area contributed by atoms with Crippen molar-refractivity contribution in [2.75, 3.05) is 26.3 Å². The van der Waals surface area contributed by atoms with Crippen LogP contribution in [-0.2, 0) is 14.8 Å². The smallest absolute Gasteiger partial charge is 0.312 e. The number of hydrogen-bond acceptors (Lipinski definition) is 6. The molecule has 0 bridgehead atoms. The summed E-state index contributed by atoms with van der Waals surface area (Å²) in [4.78, 5) is 10.8. The summed E-state index contributed by atoms with van der Waals surface area (Å²) >= 11 is 0. The summed E-state index contributed by atoms with van der Waals surface area (Å²) in [6.45, 7) is 7.05. The molecular formula is C20H24N2O6S. The monoisotopic (exact) mass is 420 g/mol. The summed E-state index contributed by atoms with van der Waals surface area (Å²) in [5.74, 6) is 0.741. The molecule has 0 atom stereocenters. The third-order valence-electron chi connectivity index (χ3n) is 4.70. The highest BCUT2D eigenvalue weighted by Gasteiger charge is 2.29. The number of nitrogens with zero attached hydrogens (tertiary/aromatic N) is 2. The molecule has 0 unspecified atom stereocenters. The number of benzene rings is 2. The van der Waals surface area contributed by atoms with Crippen LogP contribution in [0, 0.1) is 17.0 Å². The van der Waals surface area contributed by atoms with Crippen molar-refractivity contribution in [1.82, 2.24) is 4.31 Å². The Morgan fingerprint density at radius 2 is 1.83 bits per heavy atom. The Balaban J connectivity index is 1.96. The van der Waals surface area contributed by atoms with Crippen LogP contribution in [0.1, 0.15) is 30.9 Å². The highest BCUT2D eigenvalue weighted by Crippen LogP contribution is 2.35. The van der Waals surface area contributed by atoms with Gasteiger partial charge in [-0.2, -0.15) is 4.31 Å². The van der Waals surface area contributed by atoms with E-state index in [0.717, 1.165) is 17.2 Å². The predicted molar refractivity (Wildman–Crippen MR) is 108 cm³/mol. The topological polar surface area (TPSA) is 99.0 Å². The van der Waals surface area contributed by atoms with Crippen molar-refractivity contribution in [2.45, 2.75) is 31.6 Å². The van der Waals surface area contributed by atoms with Gasteiger partial charge in [-0.15, -0.1) is 0 Å². The van der Waals surface area contributed by atoms with Crippen LogP contribution in [0.25, 0.3) is 0 Å². The Morgan fingerprint density at radius 3 is 2.45 bits per heavy atom. The van der Waals surface area contributed by atoms with Crippen molar-refractivity contribution in [3.05, 3.63) is 57.6 Å². The first kappa shape index (κ1) is 21.2. The minimum atomic E-state index is -3.84. The Labute approximate surface area is 170 Å². The number of sulfonamides is 1. The van der Waals surface area contributed by atoms with E-state index in [0.29, 0.717) is 19.0 Å². The number of ether oxygens (including phenoxy) is 2. The summed E-state index contributed by atoms with van der Waals surface area (Å²) in [6, 6.07) is 9.38. The summed E-state index contributed by atoms with van der Waals surface area (Å²) in [6.07, 6.45) is 0. The van der Waals surface area contributed by atoms with Crippen molar-refractivity contribution in [3.63, 3.8) is 0 Å². The fourth-order valence-electron chi connectivity index (χ4n) is 3.12. The third kappa shape index (κ3) is 4.75. The van der Waals surface area contributed by atoms with Crippen LogP contribution in [0.5, 0.6) is 11.5 Å². The summed E-state index contributed by atoms with van der Waals surface area (Å²) in [7, 11) is -3.84. The first-order valence-electron chi connectivity index (χ1n) is 9.34. The van der Waals surface area contributed by atoms with Crippen LogP contribution >= 0.6 is 0 Å². The minimum absolute atomic E-state index is 0.00349. The lowest BCUT2D eigenvalue weighted by Crippen LogP contribution is -2.40. The van der Waals surface area contributed by atoms with Gasteiger partial charge in [-0.1, -0.05) is 19.9 Å². The molecule has 1 heterocycles. The van der Waals surface area contributed by atoms with E-state index in [-0.39, 0.29) is 29.7 Å².